The number of allylic oxidation sites excluding steroid dienone is 1. The van der Waals surface area contributed by atoms with E-state index in [1.165, 1.54) is 6.07 Å². The Morgan fingerprint density at radius 2 is 2.43 bits per heavy atom. The zero-order valence-corrected chi connectivity index (χ0v) is 13.9. The first-order valence-corrected chi connectivity index (χ1v) is 8.26. The van der Waals surface area contributed by atoms with Crippen molar-refractivity contribution in [1.82, 2.24) is 15.6 Å². The van der Waals surface area contributed by atoms with Crippen LogP contribution in [-0.4, -0.2) is 43.2 Å². The van der Waals surface area contributed by atoms with Crippen molar-refractivity contribution < 1.29 is 4.39 Å². The molecule has 1 atom stereocenters. The molecule has 0 amide bonds. The molecule has 2 heterocycles. The summed E-state index contributed by atoms with van der Waals surface area (Å²) >= 11 is 0. The van der Waals surface area contributed by atoms with Crippen molar-refractivity contribution in [3.05, 3.63) is 36.3 Å². The summed E-state index contributed by atoms with van der Waals surface area (Å²) < 4.78 is 13.8. The Kier molecular flexibility index (Phi) is 6.84. The Morgan fingerprint density at radius 3 is 3.17 bits per heavy atom. The highest BCUT2D eigenvalue weighted by Crippen LogP contribution is 2.20. The molecule has 6 heteroatoms. The standard InChI is InChI=1S/C17H26FN5/c1-3-5-6-10-21-17(19-4-2)22-14-9-12-23(13-14)16-15(18)8-7-11-20-16/h3,5,7-8,11,14H,4,6,9-10,12-13H2,1-2H3,(H2,19,21,22)/b5-3+. The molecule has 0 saturated carbocycles. The van der Waals surface area contributed by atoms with Crippen molar-refractivity contribution in [2.75, 3.05) is 31.1 Å². The van der Waals surface area contributed by atoms with Gasteiger partial charge in [0.15, 0.2) is 17.6 Å². The second-order valence-corrected chi connectivity index (χ2v) is 5.50. The number of aliphatic imine (C=N–C) groups is 1. The first-order valence-electron chi connectivity index (χ1n) is 8.26. The van der Waals surface area contributed by atoms with Gasteiger partial charge in [0.2, 0.25) is 0 Å². The summed E-state index contributed by atoms with van der Waals surface area (Å²) in [6.45, 7) is 7.16. The Balaban J connectivity index is 1.90. The Labute approximate surface area is 137 Å². The molecule has 1 aliphatic heterocycles. The topological polar surface area (TPSA) is 52.6 Å². The van der Waals surface area contributed by atoms with E-state index in [9.17, 15) is 4.39 Å². The molecular formula is C17H26FN5. The minimum atomic E-state index is -0.264. The highest BCUT2D eigenvalue weighted by atomic mass is 19.1. The third-order valence-electron chi connectivity index (χ3n) is 3.71. The van der Waals surface area contributed by atoms with Crippen LogP contribution in [0.1, 0.15) is 26.7 Å². The van der Waals surface area contributed by atoms with Crippen molar-refractivity contribution in [2.45, 2.75) is 32.7 Å². The summed E-state index contributed by atoms with van der Waals surface area (Å²) in [7, 11) is 0. The van der Waals surface area contributed by atoms with Gasteiger partial charge in [-0.15, -0.1) is 0 Å². The summed E-state index contributed by atoms with van der Waals surface area (Å²) in [5.74, 6) is 0.997. The van der Waals surface area contributed by atoms with Gasteiger partial charge >= 0.3 is 0 Å². The van der Waals surface area contributed by atoms with E-state index >= 15 is 0 Å². The largest absolute Gasteiger partial charge is 0.357 e. The van der Waals surface area contributed by atoms with E-state index in [-0.39, 0.29) is 11.9 Å². The van der Waals surface area contributed by atoms with Gasteiger partial charge in [-0.05, 0) is 38.8 Å². The molecule has 0 aliphatic carbocycles. The van der Waals surface area contributed by atoms with Gasteiger partial charge < -0.3 is 15.5 Å². The lowest BCUT2D eigenvalue weighted by Crippen LogP contribution is -2.44. The maximum Gasteiger partial charge on any atom is 0.191 e. The number of pyridine rings is 1. The molecular weight excluding hydrogens is 293 g/mol. The molecule has 0 spiro atoms. The Bertz CT molecular complexity index is 544. The summed E-state index contributed by atoms with van der Waals surface area (Å²) in [4.78, 5) is 10.7. The number of rotatable bonds is 6. The van der Waals surface area contributed by atoms with Gasteiger partial charge in [-0.3, -0.25) is 4.99 Å². The molecule has 1 saturated heterocycles. The zero-order chi connectivity index (χ0) is 16.5. The van der Waals surface area contributed by atoms with Crippen molar-refractivity contribution in [1.29, 1.82) is 0 Å². The van der Waals surface area contributed by atoms with E-state index < -0.39 is 0 Å². The van der Waals surface area contributed by atoms with Gasteiger partial charge in [0.05, 0.1) is 0 Å². The van der Waals surface area contributed by atoms with Crippen LogP contribution < -0.4 is 15.5 Å². The fourth-order valence-electron chi connectivity index (χ4n) is 2.61. The second-order valence-electron chi connectivity index (χ2n) is 5.50. The molecule has 5 nitrogen and oxygen atoms in total. The molecule has 1 aliphatic rings. The van der Waals surface area contributed by atoms with Crippen molar-refractivity contribution in [2.24, 2.45) is 4.99 Å². The Hall–Kier alpha value is -2.11. The lowest BCUT2D eigenvalue weighted by molar-refractivity contribution is 0.612. The molecule has 0 radical (unpaired) electrons. The quantitative estimate of drug-likeness (QED) is 0.366. The fourth-order valence-corrected chi connectivity index (χ4v) is 2.61. The van der Waals surface area contributed by atoms with E-state index in [2.05, 4.69) is 26.7 Å². The minimum Gasteiger partial charge on any atom is -0.357 e. The predicted octanol–water partition coefficient (Wildman–Crippen LogP) is 2.32. The number of hydrogen-bond donors (Lipinski definition) is 2. The number of guanidine groups is 1. The van der Waals surface area contributed by atoms with Crippen LogP contribution in [0.15, 0.2) is 35.5 Å². The smallest absolute Gasteiger partial charge is 0.191 e. The summed E-state index contributed by atoms with van der Waals surface area (Å²) in [6.07, 6.45) is 7.64. The van der Waals surface area contributed by atoms with Crippen LogP contribution in [0.3, 0.4) is 0 Å². The minimum absolute atomic E-state index is 0.246. The molecule has 1 unspecified atom stereocenters. The third kappa shape index (κ3) is 5.23. The molecule has 0 bridgehead atoms. The highest BCUT2D eigenvalue weighted by molar-refractivity contribution is 5.80. The van der Waals surface area contributed by atoms with Crippen LogP contribution in [0.25, 0.3) is 0 Å². The molecule has 1 fully saturated rings. The first kappa shape index (κ1) is 17.2. The predicted molar refractivity (Wildman–Crippen MR) is 93.4 cm³/mol. The number of hydrogen-bond acceptors (Lipinski definition) is 3. The molecule has 23 heavy (non-hydrogen) atoms. The van der Waals surface area contributed by atoms with Gasteiger partial charge in [0.1, 0.15) is 0 Å². The Morgan fingerprint density at radius 1 is 1.57 bits per heavy atom. The monoisotopic (exact) mass is 319 g/mol. The molecule has 2 N–H and O–H groups in total. The number of anilines is 1. The zero-order valence-electron chi connectivity index (χ0n) is 13.9. The van der Waals surface area contributed by atoms with Gasteiger partial charge in [0.25, 0.3) is 0 Å². The van der Waals surface area contributed by atoms with Crippen LogP contribution in [0.2, 0.25) is 0 Å². The lowest BCUT2D eigenvalue weighted by atomic mass is 10.3. The maximum absolute atomic E-state index is 13.8. The molecule has 0 aromatic carbocycles. The lowest BCUT2D eigenvalue weighted by Gasteiger charge is -2.19. The van der Waals surface area contributed by atoms with Gasteiger partial charge in [-0.2, -0.15) is 0 Å². The normalized spacial score (nSPS) is 18.7. The van der Waals surface area contributed by atoms with Crippen molar-refractivity contribution in [3.63, 3.8) is 0 Å². The molecule has 126 valence electrons. The van der Waals surface area contributed by atoms with Crippen LogP contribution in [0.5, 0.6) is 0 Å². The van der Waals surface area contributed by atoms with Gasteiger partial charge in [0, 0.05) is 38.4 Å². The van der Waals surface area contributed by atoms with E-state index in [1.54, 1.807) is 12.3 Å². The third-order valence-corrected chi connectivity index (χ3v) is 3.71. The molecule has 1 aromatic rings. The van der Waals surface area contributed by atoms with Crippen LogP contribution >= 0.6 is 0 Å². The van der Waals surface area contributed by atoms with E-state index in [0.29, 0.717) is 5.82 Å². The summed E-state index contributed by atoms with van der Waals surface area (Å²) in [5, 5.41) is 6.69. The number of nitrogens with one attached hydrogen (secondary N) is 2. The van der Waals surface area contributed by atoms with Gasteiger partial charge in [-0.25, -0.2) is 9.37 Å². The molecule has 2 rings (SSSR count). The van der Waals surface area contributed by atoms with Crippen LogP contribution in [0, 0.1) is 5.82 Å². The average Bonchev–Trinajstić information content (AvgIpc) is 3.00. The second kappa shape index (κ2) is 9.12. The highest BCUT2D eigenvalue weighted by Gasteiger charge is 2.25. The van der Waals surface area contributed by atoms with E-state index in [1.807, 2.05) is 24.8 Å². The van der Waals surface area contributed by atoms with Crippen molar-refractivity contribution in [3.8, 4) is 0 Å². The van der Waals surface area contributed by atoms with Gasteiger partial charge in [-0.1, -0.05) is 12.2 Å². The molecule has 1 aromatic heterocycles. The maximum atomic E-state index is 13.8. The fraction of sp³-hybridized carbons (Fsp3) is 0.529. The van der Waals surface area contributed by atoms with Crippen LogP contribution in [0.4, 0.5) is 10.2 Å². The first-order chi connectivity index (χ1) is 11.2. The van der Waals surface area contributed by atoms with Crippen molar-refractivity contribution >= 4 is 11.8 Å². The SMILES string of the molecule is C/C=C/CCN=C(NCC)NC1CCN(c2ncccc2F)C1. The average molecular weight is 319 g/mol. The number of halogens is 1. The number of nitrogens with zero attached hydrogens (tertiary/aromatic N) is 3. The van der Waals surface area contributed by atoms with Crippen LogP contribution in [-0.2, 0) is 0 Å². The summed E-state index contributed by atoms with van der Waals surface area (Å²) in [6, 6.07) is 3.32. The van der Waals surface area contributed by atoms with E-state index in [4.69, 9.17) is 0 Å². The number of aromatic nitrogens is 1. The van der Waals surface area contributed by atoms with E-state index in [0.717, 1.165) is 45.0 Å². The summed E-state index contributed by atoms with van der Waals surface area (Å²) in [5.41, 5.74) is 0.